The number of hydrogen-bond acceptors (Lipinski definition) is 3. The van der Waals surface area contributed by atoms with Crippen LogP contribution in [-0.4, -0.2) is 15.0 Å². The summed E-state index contributed by atoms with van der Waals surface area (Å²) in [6.45, 7) is 0. The molecule has 0 saturated carbocycles. The molecule has 0 bridgehead atoms. The maximum atomic E-state index is 6.03. The molecular formula is C17H10ClN3. The monoisotopic (exact) mass is 291 g/mol. The van der Waals surface area contributed by atoms with Gasteiger partial charge in [-0.3, -0.25) is 0 Å². The molecule has 0 aliphatic heterocycles. The van der Waals surface area contributed by atoms with Gasteiger partial charge in [-0.15, -0.1) is 0 Å². The van der Waals surface area contributed by atoms with Crippen LogP contribution in [0, 0.1) is 0 Å². The number of aromatic nitrogens is 3. The zero-order chi connectivity index (χ0) is 14.2. The highest BCUT2D eigenvalue weighted by atomic mass is 35.5. The van der Waals surface area contributed by atoms with Crippen molar-refractivity contribution in [2.24, 2.45) is 0 Å². The van der Waals surface area contributed by atoms with E-state index in [1.807, 2.05) is 30.3 Å². The Morgan fingerprint density at radius 3 is 2.57 bits per heavy atom. The van der Waals surface area contributed by atoms with Gasteiger partial charge in [-0.1, -0.05) is 36.4 Å². The fourth-order valence-corrected chi connectivity index (χ4v) is 2.66. The molecule has 2 aromatic carbocycles. The molecule has 0 atom stereocenters. The summed E-state index contributed by atoms with van der Waals surface area (Å²) in [5.41, 5.74) is 2.43. The van der Waals surface area contributed by atoms with Gasteiger partial charge in [0.25, 0.3) is 0 Å². The summed E-state index contributed by atoms with van der Waals surface area (Å²) in [4.78, 5) is 12.8. The van der Waals surface area contributed by atoms with Gasteiger partial charge in [-0.2, -0.15) is 4.98 Å². The summed E-state index contributed by atoms with van der Waals surface area (Å²) in [5, 5.41) is 3.48. The zero-order valence-electron chi connectivity index (χ0n) is 11.0. The summed E-state index contributed by atoms with van der Waals surface area (Å²) in [7, 11) is 0. The molecule has 0 amide bonds. The SMILES string of the molecule is Clc1nc(-c2ccc3ccccc3c2)c2cccnc2n1. The molecule has 21 heavy (non-hydrogen) atoms. The second-order valence-corrected chi connectivity index (χ2v) is 5.12. The normalized spacial score (nSPS) is 11.1. The number of fused-ring (bicyclic) bond motifs is 2. The van der Waals surface area contributed by atoms with Gasteiger partial charge in [0.15, 0.2) is 5.65 Å². The summed E-state index contributed by atoms with van der Waals surface area (Å²) < 4.78 is 0. The Morgan fingerprint density at radius 1 is 0.810 bits per heavy atom. The summed E-state index contributed by atoms with van der Waals surface area (Å²) >= 11 is 6.03. The Balaban J connectivity index is 2.03. The van der Waals surface area contributed by atoms with E-state index in [1.165, 1.54) is 10.8 Å². The van der Waals surface area contributed by atoms with E-state index in [-0.39, 0.29) is 5.28 Å². The Labute approximate surface area is 126 Å². The van der Waals surface area contributed by atoms with Crippen LogP contribution in [-0.2, 0) is 0 Å². The average Bonchev–Trinajstić information content (AvgIpc) is 2.53. The van der Waals surface area contributed by atoms with Gasteiger partial charge in [-0.25, -0.2) is 9.97 Å². The van der Waals surface area contributed by atoms with Crippen molar-refractivity contribution >= 4 is 33.4 Å². The fourth-order valence-electron chi connectivity index (χ4n) is 2.49. The first-order chi connectivity index (χ1) is 10.3. The molecule has 2 heterocycles. The van der Waals surface area contributed by atoms with Crippen molar-refractivity contribution in [3.05, 3.63) is 66.1 Å². The Kier molecular flexibility index (Phi) is 2.79. The highest BCUT2D eigenvalue weighted by molar-refractivity contribution is 6.28. The van der Waals surface area contributed by atoms with Crippen molar-refractivity contribution in [3.8, 4) is 11.3 Å². The predicted octanol–water partition coefficient (Wildman–Crippen LogP) is 4.50. The lowest BCUT2D eigenvalue weighted by molar-refractivity contribution is 1.18. The van der Waals surface area contributed by atoms with E-state index in [0.29, 0.717) is 5.65 Å². The number of hydrogen-bond donors (Lipinski definition) is 0. The molecular weight excluding hydrogens is 282 g/mol. The van der Waals surface area contributed by atoms with Crippen molar-refractivity contribution in [3.63, 3.8) is 0 Å². The fraction of sp³-hybridized carbons (Fsp3) is 0. The van der Waals surface area contributed by atoms with Gasteiger partial charge < -0.3 is 0 Å². The standard InChI is InChI=1S/C17H10ClN3/c18-17-20-15(14-6-3-9-19-16(14)21-17)13-8-7-11-4-1-2-5-12(11)10-13/h1-10H. The van der Waals surface area contributed by atoms with Gasteiger partial charge in [0, 0.05) is 17.1 Å². The van der Waals surface area contributed by atoms with Crippen LogP contribution >= 0.6 is 11.6 Å². The van der Waals surface area contributed by atoms with Crippen molar-refractivity contribution in [1.82, 2.24) is 15.0 Å². The van der Waals surface area contributed by atoms with E-state index in [4.69, 9.17) is 11.6 Å². The maximum absolute atomic E-state index is 6.03. The van der Waals surface area contributed by atoms with Gasteiger partial charge in [0.1, 0.15) is 0 Å². The lowest BCUT2D eigenvalue weighted by Crippen LogP contribution is -1.93. The van der Waals surface area contributed by atoms with Crippen LogP contribution in [0.4, 0.5) is 0 Å². The van der Waals surface area contributed by atoms with E-state index in [9.17, 15) is 0 Å². The number of nitrogens with zero attached hydrogens (tertiary/aromatic N) is 3. The smallest absolute Gasteiger partial charge is 0.225 e. The molecule has 0 unspecified atom stereocenters. The second kappa shape index (κ2) is 4.79. The summed E-state index contributed by atoms with van der Waals surface area (Å²) in [5.74, 6) is 0. The zero-order valence-corrected chi connectivity index (χ0v) is 11.7. The van der Waals surface area contributed by atoms with Crippen molar-refractivity contribution in [1.29, 1.82) is 0 Å². The molecule has 100 valence electrons. The molecule has 0 saturated heterocycles. The molecule has 0 aliphatic carbocycles. The van der Waals surface area contributed by atoms with Crippen LogP contribution in [0.2, 0.25) is 5.28 Å². The minimum atomic E-state index is 0.212. The first-order valence-corrected chi connectivity index (χ1v) is 6.96. The predicted molar refractivity (Wildman–Crippen MR) is 85.3 cm³/mol. The third-order valence-electron chi connectivity index (χ3n) is 3.47. The molecule has 4 rings (SSSR count). The van der Waals surface area contributed by atoms with Crippen LogP contribution in [0.5, 0.6) is 0 Å². The summed E-state index contributed by atoms with van der Waals surface area (Å²) in [6.07, 6.45) is 1.70. The minimum absolute atomic E-state index is 0.212. The van der Waals surface area contributed by atoms with Crippen LogP contribution in [0.1, 0.15) is 0 Å². The van der Waals surface area contributed by atoms with Crippen LogP contribution < -0.4 is 0 Å². The largest absolute Gasteiger partial charge is 0.236 e. The van der Waals surface area contributed by atoms with E-state index in [0.717, 1.165) is 16.6 Å². The quantitative estimate of drug-likeness (QED) is 0.485. The molecule has 0 spiro atoms. The van der Waals surface area contributed by atoms with Gasteiger partial charge in [0.2, 0.25) is 5.28 Å². The Hall–Kier alpha value is -2.52. The molecule has 0 fully saturated rings. The number of benzene rings is 2. The number of halogens is 1. The molecule has 4 aromatic rings. The third-order valence-corrected chi connectivity index (χ3v) is 3.64. The Morgan fingerprint density at radius 2 is 1.67 bits per heavy atom. The number of pyridine rings is 1. The van der Waals surface area contributed by atoms with Crippen LogP contribution in [0.15, 0.2) is 60.8 Å². The summed E-state index contributed by atoms with van der Waals surface area (Å²) in [6, 6.07) is 18.3. The lowest BCUT2D eigenvalue weighted by atomic mass is 10.0. The molecule has 2 aromatic heterocycles. The van der Waals surface area contributed by atoms with Crippen molar-refractivity contribution in [2.75, 3.05) is 0 Å². The van der Waals surface area contributed by atoms with Crippen molar-refractivity contribution < 1.29 is 0 Å². The Bertz CT molecular complexity index is 966. The molecule has 0 aliphatic rings. The number of rotatable bonds is 1. The molecule has 0 radical (unpaired) electrons. The first-order valence-electron chi connectivity index (χ1n) is 6.59. The van der Waals surface area contributed by atoms with E-state index in [2.05, 4.69) is 39.2 Å². The first kappa shape index (κ1) is 12.2. The van der Waals surface area contributed by atoms with E-state index in [1.54, 1.807) is 6.20 Å². The molecule has 3 nitrogen and oxygen atoms in total. The van der Waals surface area contributed by atoms with Crippen molar-refractivity contribution in [2.45, 2.75) is 0 Å². The van der Waals surface area contributed by atoms with Crippen LogP contribution in [0.25, 0.3) is 33.1 Å². The van der Waals surface area contributed by atoms with Gasteiger partial charge in [-0.05, 0) is 40.6 Å². The van der Waals surface area contributed by atoms with Gasteiger partial charge in [0.05, 0.1) is 5.69 Å². The van der Waals surface area contributed by atoms with Crippen LogP contribution in [0.3, 0.4) is 0 Å². The van der Waals surface area contributed by atoms with E-state index >= 15 is 0 Å². The highest BCUT2D eigenvalue weighted by Crippen LogP contribution is 2.28. The second-order valence-electron chi connectivity index (χ2n) is 4.78. The lowest BCUT2D eigenvalue weighted by Gasteiger charge is -2.07. The van der Waals surface area contributed by atoms with Gasteiger partial charge >= 0.3 is 0 Å². The molecule has 4 heteroatoms. The third kappa shape index (κ3) is 2.12. The maximum Gasteiger partial charge on any atom is 0.225 e. The topological polar surface area (TPSA) is 38.7 Å². The highest BCUT2D eigenvalue weighted by Gasteiger charge is 2.09. The molecule has 0 N–H and O–H groups in total. The minimum Gasteiger partial charge on any atom is -0.236 e. The average molecular weight is 292 g/mol. The van der Waals surface area contributed by atoms with E-state index < -0.39 is 0 Å².